The molecular formula is C17H17FO3. The third kappa shape index (κ3) is 4.31. The van der Waals surface area contributed by atoms with Crippen LogP contribution in [0.1, 0.15) is 11.1 Å². The largest absolute Gasteiger partial charge is 0.497 e. The smallest absolute Gasteiger partial charge is 0.307 e. The van der Waals surface area contributed by atoms with Gasteiger partial charge in [-0.05, 0) is 48.2 Å². The first kappa shape index (κ1) is 15.0. The molecule has 0 fully saturated rings. The van der Waals surface area contributed by atoms with Crippen LogP contribution in [0.15, 0.2) is 48.5 Å². The number of carboxylic acids is 1. The number of hydrogen-bond donors (Lipinski definition) is 1. The fourth-order valence-corrected chi connectivity index (χ4v) is 2.24. The van der Waals surface area contributed by atoms with Crippen molar-refractivity contribution in [2.24, 2.45) is 5.92 Å². The lowest BCUT2D eigenvalue weighted by Gasteiger charge is -2.13. The van der Waals surface area contributed by atoms with Crippen LogP contribution in [-0.4, -0.2) is 18.2 Å². The highest BCUT2D eigenvalue weighted by molar-refractivity contribution is 5.71. The van der Waals surface area contributed by atoms with Gasteiger partial charge in [0.15, 0.2) is 0 Å². The van der Waals surface area contributed by atoms with Gasteiger partial charge < -0.3 is 9.84 Å². The lowest BCUT2D eigenvalue weighted by molar-refractivity contribution is -0.141. The third-order valence-electron chi connectivity index (χ3n) is 3.36. The van der Waals surface area contributed by atoms with Crippen LogP contribution in [0.25, 0.3) is 0 Å². The molecule has 1 atom stereocenters. The number of ether oxygens (including phenoxy) is 1. The molecule has 0 saturated heterocycles. The molecule has 110 valence electrons. The molecule has 0 saturated carbocycles. The third-order valence-corrected chi connectivity index (χ3v) is 3.36. The molecule has 0 aromatic heterocycles. The zero-order valence-corrected chi connectivity index (χ0v) is 11.8. The summed E-state index contributed by atoms with van der Waals surface area (Å²) in [7, 11) is 1.58. The number of carboxylic acid groups (broad SMARTS) is 1. The highest BCUT2D eigenvalue weighted by atomic mass is 19.1. The molecule has 2 aromatic rings. The van der Waals surface area contributed by atoms with Gasteiger partial charge in [-0.2, -0.15) is 0 Å². The van der Waals surface area contributed by atoms with E-state index in [4.69, 9.17) is 4.74 Å². The molecule has 0 aliphatic rings. The summed E-state index contributed by atoms with van der Waals surface area (Å²) in [6.07, 6.45) is 0.775. The van der Waals surface area contributed by atoms with Crippen LogP contribution in [0.2, 0.25) is 0 Å². The highest BCUT2D eigenvalue weighted by Crippen LogP contribution is 2.19. The Labute approximate surface area is 123 Å². The minimum atomic E-state index is -0.859. The molecule has 0 aliphatic carbocycles. The SMILES string of the molecule is COc1cccc(CC(Cc2ccc(F)cc2)C(=O)O)c1. The number of halogens is 1. The fourth-order valence-electron chi connectivity index (χ4n) is 2.24. The summed E-state index contributed by atoms with van der Waals surface area (Å²) in [5, 5.41) is 9.37. The minimum Gasteiger partial charge on any atom is -0.497 e. The highest BCUT2D eigenvalue weighted by Gasteiger charge is 2.19. The molecule has 0 amide bonds. The summed E-state index contributed by atoms with van der Waals surface area (Å²) in [6.45, 7) is 0. The van der Waals surface area contributed by atoms with E-state index in [1.807, 2.05) is 24.3 Å². The number of benzene rings is 2. The maximum Gasteiger partial charge on any atom is 0.307 e. The van der Waals surface area contributed by atoms with Crippen molar-refractivity contribution in [1.82, 2.24) is 0 Å². The van der Waals surface area contributed by atoms with E-state index >= 15 is 0 Å². The molecule has 3 nitrogen and oxygen atoms in total. The molecule has 2 aromatic carbocycles. The molecule has 0 bridgehead atoms. The van der Waals surface area contributed by atoms with Crippen LogP contribution in [0.3, 0.4) is 0 Å². The van der Waals surface area contributed by atoms with Gasteiger partial charge in [-0.25, -0.2) is 4.39 Å². The van der Waals surface area contributed by atoms with E-state index in [-0.39, 0.29) is 5.82 Å². The van der Waals surface area contributed by atoms with Gasteiger partial charge >= 0.3 is 5.97 Å². The van der Waals surface area contributed by atoms with Gasteiger partial charge in [-0.1, -0.05) is 24.3 Å². The van der Waals surface area contributed by atoms with Crippen LogP contribution in [-0.2, 0) is 17.6 Å². The Morgan fingerprint density at radius 3 is 2.43 bits per heavy atom. The van der Waals surface area contributed by atoms with Crippen LogP contribution in [0.4, 0.5) is 4.39 Å². The van der Waals surface area contributed by atoms with Gasteiger partial charge in [0.25, 0.3) is 0 Å². The Morgan fingerprint density at radius 1 is 1.14 bits per heavy atom. The van der Waals surface area contributed by atoms with Crippen LogP contribution < -0.4 is 4.74 Å². The second-order valence-corrected chi connectivity index (χ2v) is 4.92. The van der Waals surface area contributed by atoms with Crippen LogP contribution in [0, 0.1) is 11.7 Å². The van der Waals surface area contributed by atoms with Crippen molar-refractivity contribution in [1.29, 1.82) is 0 Å². The van der Waals surface area contributed by atoms with Gasteiger partial charge in [0.05, 0.1) is 13.0 Å². The number of aliphatic carboxylic acids is 1. The monoisotopic (exact) mass is 288 g/mol. The number of carbonyl (C=O) groups is 1. The van der Waals surface area contributed by atoms with Crippen molar-refractivity contribution >= 4 is 5.97 Å². The second kappa shape index (κ2) is 6.88. The topological polar surface area (TPSA) is 46.5 Å². The summed E-state index contributed by atoms with van der Waals surface area (Å²) < 4.78 is 18.0. The maximum absolute atomic E-state index is 12.9. The van der Waals surface area contributed by atoms with Crippen LogP contribution in [0.5, 0.6) is 5.75 Å². The quantitative estimate of drug-likeness (QED) is 0.887. The van der Waals surface area contributed by atoms with E-state index < -0.39 is 11.9 Å². The van der Waals surface area contributed by atoms with E-state index in [9.17, 15) is 14.3 Å². The van der Waals surface area contributed by atoms with E-state index in [2.05, 4.69) is 0 Å². The molecule has 1 unspecified atom stereocenters. The first-order valence-corrected chi connectivity index (χ1v) is 6.68. The van der Waals surface area contributed by atoms with E-state index in [1.54, 1.807) is 19.2 Å². The van der Waals surface area contributed by atoms with Crippen LogP contribution >= 0.6 is 0 Å². The molecule has 2 rings (SSSR count). The number of rotatable bonds is 6. The summed E-state index contributed by atoms with van der Waals surface area (Å²) in [6, 6.07) is 13.3. The Morgan fingerprint density at radius 2 is 1.81 bits per heavy atom. The molecular weight excluding hydrogens is 271 g/mol. The summed E-state index contributed by atoms with van der Waals surface area (Å²) in [5.41, 5.74) is 1.72. The summed E-state index contributed by atoms with van der Waals surface area (Å²) >= 11 is 0. The minimum absolute atomic E-state index is 0.321. The Bertz CT molecular complexity index is 608. The van der Waals surface area contributed by atoms with Crippen molar-refractivity contribution in [3.05, 3.63) is 65.5 Å². The van der Waals surface area contributed by atoms with Gasteiger partial charge in [0.1, 0.15) is 11.6 Å². The van der Waals surface area contributed by atoms with E-state index in [1.165, 1.54) is 12.1 Å². The zero-order valence-electron chi connectivity index (χ0n) is 11.8. The zero-order chi connectivity index (χ0) is 15.2. The number of hydrogen-bond acceptors (Lipinski definition) is 2. The molecule has 0 spiro atoms. The lowest BCUT2D eigenvalue weighted by Crippen LogP contribution is -2.19. The Hall–Kier alpha value is -2.36. The molecule has 1 N–H and O–H groups in total. The lowest BCUT2D eigenvalue weighted by atomic mass is 9.92. The van der Waals surface area contributed by atoms with Crippen molar-refractivity contribution in [3.63, 3.8) is 0 Å². The van der Waals surface area contributed by atoms with E-state index in [0.29, 0.717) is 18.6 Å². The molecule has 4 heteroatoms. The van der Waals surface area contributed by atoms with Gasteiger partial charge in [0.2, 0.25) is 0 Å². The molecule has 21 heavy (non-hydrogen) atoms. The summed E-state index contributed by atoms with van der Waals surface area (Å²) in [5.74, 6) is -1.03. The van der Waals surface area contributed by atoms with Gasteiger partial charge in [-0.15, -0.1) is 0 Å². The van der Waals surface area contributed by atoms with Gasteiger partial charge in [-0.3, -0.25) is 4.79 Å². The van der Waals surface area contributed by atoms with Crippen molar-refractivity contribution in [2.45, 2.75) is 12.8 Å². The van der Waals surface area contributed by atoms with Crippen molar-refractivity contribution in [3.8, 4) is 5.75 Å². The molecule has 0 heterocycles. The predicted octanol–water partition coefficient (Wildman–Crippen LogP) is 3.32. The molecule has 0 aliphatic heterocycles. The van der Waals surface area contributed by atoms with Gasteiger partial charge in [0, 0.05) is 0 Å². The number of methoxy groups -OCH3 is 1. The first-order chi connectivity index (χ1) is 10.1. The Kier molecular flexibility index (Phi) is 4.93. The fraction of sp³-hybridized carbons (Fsp3) is 0.235. The first-order valence-electron chi connectivity index (χ1n) is 6.68. The van der Waals surface area contributed by atoms with Crippen molar-refractivity contribution < 1.29 is 19.0 Å². The molecule has 0 radical (unpaired) electrons. The standard InChI is InChI=1S/C17H17FO3/c1-21-16-4-2-3-13(11-16)10-14(17(19)20)9-12-5-7-15(18)8-6-12/h2-8,11,14H,9-10H2,1H3,(H,19,20). The average molecular weight is 288 g/mol. The predicted molar refractivity (Wildman–Crippen MR) is 77.9 cm³/mol. The van der Waals surface area contributed by atoms with E-state index in [0.717, 1.165) is 11.1 Å². The second-order valence-electron chi connectivity index (χ2n) is 4.92. The van der Waals surface area contributed by atoms with Crippen molar-refractivity contribution in [2.75, 3.05) is 7.11 Å². The summed E-state index contributed by atoms with van der Waals surface area (Å²) in [4.78, 5) is 11.4. The maximum atomic E-state index is 12.9. The normalized spacial score (nSPS) is 11.9. The average Bonchev–Trinajstić information content (AvgIpc) is 2.49. The Balaban J connectivity index is 2.11.